The van der Waals surface area contributed by atoms with Crippen LogP contribution in [0, 0.1) is 10.1 Å². The van der Waals surface area contributed by atoms with E-state index in [4.69, 9.17) is 0 Å². The Balaban J connectivity index is 1.39. The van der Waals surface area contributed by atoms with Crippen LogP contribution in [0.1, 0.15) is 5.56 Å². The topological polar surface area (TPSA) is 88.0 Å². The van der Waals surface area contributed by atoms with E-state index in [1.165, 1.54) is 18.2 Å². The summed E-state index contributed by atoms with van der Waals surface area (Å²) in [6, 6.07) is 13.0. The third kappa shape index (κ3) is 6.61. The summed E-state index contributed by atoms with van der Waals surface area (Å²) in [5.74, 6) is -0.000409. The molecule has 0 saturated carbocycles. The maximum atomic E-state index is 12.2. The molecule has 1 heterocycles. The average Bonchev–Trinajstić information content (AvgIpc) is 2.75. The van der Waals surface area contributed by atoms with Crippen molar-refractivity contribution in [1.82, 2.24) is 10.2 Å². The number of para-hydroxylation sites is 2. The molecule has 1 fully saturated rings. The fraction of sp³-hybridized carbons (Fsp3) is 0.381. The molecule has 3 rings (SSSR count). The summed E-state index contributed by atoms with van der Waals surface area (Å²) in [4.78, 5) is 27.0. The number of alkyl halides is 2. The molecule has 0 spiro atoms. The first kappa shape index (κ1) is 22.4. The highest BCUT2D eigenvalue weighted by atomic mass is 19.3. The van der Waals surface area contributed by atoms with Gasteiger partial charge in [0.25, 0.3) is 5.69 Å². The summed E-state index contributed by atoms with van der Waals surface area (Å²) in [5, 5.41) is 14.1. The first-order chi connectivity index (χ1) is 14.9. The van der Waals surface area contributed by atoms with Crippen LogP contribution in [0.15, 0.2) is 48.5 Å². The monoisotopic (exact) mass is 434 g/mol. The molecule has 1 aliphatic heterocycles. The molecule has 0 aliphatic carbocycles. The lowest BCUT2D eigenvalue weighted by molar-refractivity contribution is -0.384. The minimum Gasteiger partial charge on any atom is -0.435 e. The molecule has 1 aliphatic rings. The molecule has 0 aromatic heterocycles. The van der Waals surface area contributed by atoms with Crippen LogP contribution in [-0.2, 0) is 11.2 Å². The normalized spacial score (nSPS) is 14.5. The van der Waals surface area contributed by atoms with Gasteiger partial charge in [0.1, 0.15) is 11.4 Å². The molecule has 0 radical (unpaired) electrons. The van der Waals surface area contributed by atoms with E-state index in [9.17, 15) is 23.7 Å². The van der Waals surface area contributed by atoms with Crippen molar-refractivity contribution in [3.63, 3.8) is 0 Å². The Kier molecular flexibility index (Phi) is 7.71. The highest BCUT2D eigenvalue weighted by Gasteiger charge is 2.24. The van der Waals surface area contributed by atoms with Gasteiger partial charge in [-0.05, 0) is 30.2 Å². The number of halogens is 2. The predicted molar refractivity (Wildman–Crippen MR) is 112 cm³/mol. The standard InChI is InChI=1S/C21H24F2N4O4/c22-21(23)31-17-7-5-16(6-8-17)9-10-24-20(28)15-25-11-13-26(14-12-25)18-3-1-2-4-19(18)27(29)30/h1-8,21H,9-15H2,(H,24,28). The number of ether oxygens (including phenoxy) is 1. The average molecular weight is 434 g/mol. The van der Waals surface area contributed by atoms with Crippen molar-refractivity contribution in [3.05, 3.63) is 64.2 Å². The van der Waals surface area contributed by atoms with Crippen molar-refractivity contribution in [3.8, 4) is 5.75 Å². The molecule has 1 N–H and O–H groups in total. The van der Waals surface area contributed by atoms with Crippen LogP contribution in [0.2, 0.25) is 0 Å². The van der Waals surface area contributed by atoms with Gasteiger partial charge in [-0.15, -0.1) is 0 Å². The summed E-state index contributed by atoms with van der Waals surface area (Å²) in [6.45, 7) is 0.303. The number of nitro groups is 1. The molecule has 166 valence electrons. The Labute approximate surface area is 178 Å². The first-order valence-electron chi connectivity index (χ1n) is 9.93. The molecule has 10 heteroatoms. The quantitative estimate of drug-likeness (QED) is 0.482. The maximum Gasteiger partial charge on any atom is 0.387 e. The lowest BCUT2D eigenvalue weighted by Gasteiger charge is -2.35. The molecule has 1 saturated heterocycles. The van der Waals surface area contributed by atoms with Gasteiger partial charge < -0.3 is 15.0 Å². The number of carbonyl (C=O) groups is 1. The van der Waals surface area contributed by atoms with E-state index in [2.05, 4.69) is 10.1 Å². The summed E-state index contributed by atoms with van der Waals surface area (Å²) in [7, 11) is 0. The van der Waals surface area contributed by atoms with E-state index in [1.807, 2.05) is 9.80 Å². The highest BCUT2D eigenvalue weighted by Crippen LogP contribution is 2.28. The van der Waals surface area contributed by atoms with Crippen LogP contribution in [0.3, 0.4) is 0 Å². The van der Waals surface area contributed by atoms with E-state index >= 15 is 0 Å². The van der Waals surface area contributed by atoms with Crippen LogP contribution >= 0.6 is 0 Å². The molecule has 1 amide bonds. The fourth-order valence-electron chi connectivity index (χ4n) is 3.48. The number of hydrogen-bond donors (Lipinski definition) is 1. The van der Waals surface area contributed by atoms with E-state index in [0.29, 0.717) is 44.8 Å². The van der Waals surface area contributed by atoms with E-state index in [1.54, 1.807) is 30.3 Å². The smallest absolute Gasteiger partial charge is 0.387 e. The number of benzene rings is 2. The zero-order chi connectivity index (χ0) is 22.2. The number of piperazine rings is 1. The number of anilines is 1. The van der Waals surface area contributed by atoms with Gasteiger partial charge in [-0.2, -0.15) is 8.78 Å². The third-order valence-corrected chi connectivity index (χ3v) is 5.04. The Morgan fingerprint density at radius 2 is 1.77 bits per heavy atom. The van der Waals surface area contributed by atoms with Crippen molar-refractivity contribution in [2.45, 2.75) is 13.0 Å². The van der Waals surface area contributed by atoms with E-state index in [-0.39, 0.29) is 28.8 Å². The van der Waals surface area contributed by atoms with Gasteiger partial charge in [0.15, 0.2) is 0 Å². The minimum atomic E-state index is -2.85. The van der Waals surface area contributed by atoms with Gasteiger partial charge in [-0.25, -0.2) is 0 Å². The van der Waals surface area contributed by atoms with Gasteiger partial charge in [0.2, 0.25) is 5.91 Å². The van der Waals surface area contributed by atoms with Gasteiger partial charge in [0.05, 0.1) is 11.5 Å². The number of hydrogen-bond acceptors (Lipinski definition) is 6. The Hall–Kier alpha value is -3.27. The van der Waals surface area contributed by atoms with Crippen LogP contribution in [0.5, 0.6) is 5.75 Å². The molecule has 8 nitrogen and oxygen atoms in total. The van der Waals surface area contributed by atoms with Crippen molar-refractivity contribution in [2.75, 3.05) is 44.2 Å². The number of nitro benzene ring substituents is 1. The molecule has 0 unspecified atom stereocenters. The molecule has 31 heavy (non-hydrogen) atoms. The predicted octanol–water partition coefficient (Wildman–Crippen LogP) is 2.68. The molecule has 0 atom stereocenters. The molecule has 2 aromatic rings. The zero-order valence-corrected chi connectivity index (χ0v) is 16.9. The Morgan fingerprint density at radius 1 is 1.10 bits per heavy atom. The number of rotatable bonds is 9. The van der Waals surface area contributed by atoms with Crippen molar-refractivity contribution in [2.24, 2.45) is 0 Å². The van der Waals surface area contributed by atoms with Crippen molar-refractivity contribution < 1.29 is 23.2 Å². The fourth-order valence-corrected chi connectivity index (χ4v) is 3.48. The molecule has 2 aromatic carbocycles. The maximum absolute atomic E-state index is 12.2. The number of nitrogens with one attached hydrogen (secondary N) is 1. The second-order valence-corrected chi connectivity index (χ2v) is 7.13. The molecular weight excluding hydrogens is 410 g/mol. The van der Waals surface area contributed by atoms with E-state index < -0.39 is 6.61 Å². The van der Waals surface area contributed by atoms with Gasteiger partial charge in [-0.1, -0.05) is 24.3 Å². The summed E-state index contributed by atoms with van der Waals surface area (Å²) in [6.07, 6.45) is 0.576. The first-order valence-corrected chi connectivity index (χ1v) is 9.93. The van der Waals surface area contributed by atoms with Crippen LogP contribution < -0.4 is 15.0 Å². The zero-order valence-electron chi connectivity index (χ0n) is 16.9. The summed E-state index contributed by atoms with van der Waals surface area (Å²) < 4.78 is 28.6. The Morgan fingerprint density at radius 3 is 2.42 bits per heavy atom. The second-order valence-electron chi connectivity index (χ2n) is 7.13. The summed E-state index contributed by atoms with van der Waals surface area (Å²) >= 11 is 0. The van der Waals surface area contributed by atoms with E-state index in [0.717, 1.165) is 5.56 Å². The lowest BCUT2D eigenvalue weighted by atomic mass is 10.1. The minimum absolute atomic E-state index is 0.0856. The molecule has 0 bridgehead atoms. The third-order valence-electron chi connectivity index (χ3n) is 5.04. The van der Waals surface area contributed by atoms with Gasteiger partial charge >= 0.3 is 6.61 Å². The van der Waals surface area contributed by atoms with Crippen LogP contribution in [-0.4, -0.2) is 61.6 Å². The number of nitrogens with zero attached hydrogens (tertiary/aromatic N) is 3. The van der Waals surface area contributed by atoms with Crippen LogP contribution in [0.4, 0.5) is 20.2 Å². The largest absolute Gasteiger partial charge is 0.435 e. The Bertz CT molecular complexity index is 887. The summed E-state index contributed by atoms with van der Waals surface area (Å²) in [5.41, 5.74) is 1.59. The van der Waals surface area contributed by atoms with Crippen LogP contribution in [0.25, 0.3) is 0 Å². The van der Waals surface area contributed by atoms with Crippen molar-refractivity contribution >= 4 is 17.3 Å². The SMILES string of the molecule is O=C(CN1CCN(c2ccccc2[N+](=O)[O-])CC1)NCCc1ccc(OC(F)F)cc1. The van der Waals surface area contributed by atoms with Gasteiger partial charge in [0, 0.05) is 38.8 Å². The highest BCUT2D eigenvalue weighted by molar-refractivity contribution is 5.78. The molecular formula is C21H24F2N4O4. The van der Waals surface area contributed by atoms with Crippen molar-refractivity contribution in [1.29, 1.82) is 0 Å². The number of carbonyl (C=O) groups excluding carboxylic acids is 1. The lowest BCUT2D eigenvalue weighted by Crippen LogP contribution is -2.49. The number of amides is 1. The second kappa shape index (κ2) is 10.7. The van der Waals surface area contributed by atoms with Gasteiger partial charge in [-0.3, -0.25) is 19.8 Å².